The Morgan fingerprint density at radius 3 is 2.34 bits per heavy atom. The summed E-state index contributed by atoms with van der Waals surface area (Å²) in [7, 11) is 0. The molecule has 0 saturated carbocycles. The predicted octanol–water partition coefficient (Wildman–Crippen LogP) is 4.82. The fraction of sp³-hybridized carbons (Fsp3) is 0.429. The van der Waals surface area contributed by atoms with Gasteiger partial charge in [-0.05, 0) is 39.5 Å². The zero-order valence-electron chi connectivity index (χ0n) is 18.5. The number of carbonyl (C=O) groups is 2. The van der Waals surface area contributed by atoms with Crippen LogP contribution in [-0.2, 0) is 18.9 Å². The molecular formula is C21H26N2O8S. The van der Waals surface area contributed by atoms with Crippen molar-refractivity contribution >= 4 is 29.8 Å². The average molecular weight is 467 g/mol. The number of carbonyl (C=O) groups excluding carboxylic acids is 2. The van der Waals surface area contributed by atoms with Crippen molar-refractivity contribution in [3.63, 3.8) is 0 Å². The molecule has 1 atom stereocenters. The van der Waals surface area contributed by atoms with Crippen LogP contribution < -0.4 is 5.32 Å². The second-order valence-electron chi connectivity index (χ2n) is 7.10. The molecule has 0 saturated heterocycles. The van der Waals surface area contributed by atoms with Crippen molar-refractivity contribution in [3.05, 3.63) is 62.9 Å². The molecule has 0 amide bonds. The summed E-state index contributed by atoms with van der Waals surface area (Å²) in [6.45, 7) is 6.83. The molecule has 0 radical (unpaired) electrons. The van der Waals surface area contributed by atoms with Crippen molar-refractivity contribution in [2.24, 2.45) is 0 Å². The zero-order valence-corrected chi connectivity index (χ0v) is 19.3. The minimum Gasteiger partial charge on any atom is -0.433 e. The van der Waals surface area contributed by atoms with Gasteiger partial charge in [0, 0.05) is 17.9 Å². The van der Waals surface area contributed by atoms with Gasteiger partial charge in [0.2, 0.25) is 0 Å². The van der Waals surface area contributed by atoms with Crippen molar-refractivity contribution in [3.8, 4) is 0 Å². The first kappa shape index (κ1) is 25.1. The molecule has 1 aliphatic heterocycles. The second-order valence-corrected chi connectivity index (χ2v) is 8.09. The van der Waals surface area contributed by atoms with E-state index < -0.39 is 29.3 Å². The van der Waals surface area contributed by atoms with Crippen LogP contribution in [-0.4, -0.2) is 42.0 Å². The number of hydrogen-bond acceptors (Lipinski definition) is 10. The summed E-state index contributed by atoms with van der Waals surface area (Å²) in [5.41, 5.74) is 1.15. The smallest absolute Gasteiger partial charge is 0.433 e. The molecule has 0 aliphatic carbocycles. The van der Waals surface area contributed by atoms with Crippen LogP contribution in [0.25, 0.3) is 0 Å². The lowest BCUT2D eigenvalue weighted by molar-refractivity contribution is -0.384. The quantitative estimate of drug-likeness (QED) is 0.246. The van der Waals surface area contributed by atoms with Crippen LogP contribution in [0.2, 0.25) is 0 Å². The number of rotatable bonds is 8. The Kier molecular flexibility index (Phi) is 8.94. The molecule has 32 heavy (non-hydrogen) atoms. The lowest BCUT2D eigenvalue weighted by Gasteiger charge is -2.30. The number of hydrogen-bond donors (Lipinski definition) is 1. The summed E-state index contributed by atoms with van der Waals surface area (Å²) >= 11 is 1.50. The van der Waals surface area contributed by atoms with Crippen LogP contribution in [0.5, 0.6) is 0 Å². The first-order chi connectivity index (χ1) is 15.1. The molecule has 1 aromatic carbocycles. The molecule has 2 rings (SSSR count). The summed E-state index contributed by atoms with van der Waals surface area (Å²) in [5.74, 6) is -0.149. The molecule has 0 aromatic heterocycles. The Morgan fingerprint density at radius 1 is 1.16 bits per heavy atom. The van der Waals surface area contributed by atoms with E-state index in [0.29, 0.717) is 22.7 Å². The van der Waals surface area contributed by atoms with Crippen molar-refractivity contribution < 1.29 is 33.5 Å². The second kappa shape index (κ2) is 11.4. The standard InChI is InChI=1S/C21H26N2O8S/c1-12(2)29-21(25)31-19-14(4)22-13(3)18(30-20(24)28-9-10-32-5)17(19)15-7-6-8-16(11-15)23(26)27/h6-8,11-12,17,22H,9-10H2,1-5H3. The Bertz CT molecular complexity index is 941. The number of non-ortho nitro benzene ring substituents is 1. The largest absolute Gasteiger partial charge is 0.513 e. The average Bonchev–Trinajstić information content (AvgIpc) is 2.71. The molecule has 1 heterocycles. The monoisotopic (exact) mass is 466 g/mol. The summed E-state index contributed by atoms with van der Waals surface area (Å²) in [6, 6.07) is 5.78. The van der Waals surface area contributed by atoms with Crippen LogP contribution in [0.15, 0.2) is 47.2 Å². The number of nitrogens with zero attached hydrogens (tertiary/aromatic N) is 1. The summed E-state index contributed by atoms with van der Waals surface area (Å²) in [6.07, 6.45) is -0.434. The molecule has 0 spiro atoms. The van der Waals surface area contributed by atoms with Crippen molar-refractivity contribution in [2.75, 3.05) is 18.6 Å². The van der Waals surface area contributed by atoms with Crippen LogP contribution in [0.1, 0.15) is 39.2 Å². The highest BCUT2D eigenvalue weighted by Gasteiger charge is 2.36. The van der Waals surface area contributed by atoms with E-state index in [1.165, 1.54) is 30.0 Å². The van der Waals surface area contributed by atoms with Gasteiger partial charge in [0.1, 0.15) is 24.0 Å². The van der Waals surface area contributed by atoms with Crippen LogP contribution in [0, 0.1) is 10.1 Å². The molecule has 1 aromatic rings. The maximum Gasteiger partial charge on any atom is 0.513 e. The lowest BCUT2D eigenvalue weighted by Crippen LogP contribution is -2.29. The molecule has 0 fully saturated rings. The lowest BCUT2D eigenvalue weighted by atomic mass is 9.90. The van der Waals surface area contributed by atoms with Gasteiger partial charge >= 0.3 is 12.3 Å². The highest BCUT2D eigenvalue weighted by atomic mass is 32.2. The van der Waals surface area contributed by atoms with E-state index in [1.807, 2.05) is 6.26 Å². The van der Waals surface area contributed by atoms with E-state index in [0.717, 1.165) is 0 Å². The number of nitrogens with one attached hydrogen (secondary N) is 1. The van der Waals surface area contributed by atoms with Crippen LogP contribution >= 0.6 is 11.8 Å². The predicted molar refractivity (Wildman–Crippen MR) is 118 cm³/mol. The Labute approximate surface area is 190 Å². The molecule has 11 heteroatoms. The van der Waals surface area contributed by atoms with E-state index in [9.17, 15) is 19.7 Å². The van der Waals surface area contributed by atoms with Crippen molar-refractivity contribution in [2.45, 2.75) is 39.7 Å². The highest BCUT2D eigenvalue weighted by Crippen LogP contribution is 2.40. The van der Waals surface area contributed by atoms with Gasteiger partial charge in [0.05, 0.1) is 22.4 Å². The first-order valence-electron chi connectivity index (χ1n) is 9.79. The minimum atomic E-state index is -0.951. The van der Waals surface area contributed by atoms with E-state index in [1.54, 1.807) is 33.8 Å². The Morgan fingerprint density at radius 2 is 1.78 bits per heavy atom. The van der Waals surface area contributed by atoms with E-state index >= 15 is 0 Å². The van der Waals surface area contributed by atoms with E-state index in [-0.39, 0.29) is 23.8 Å². The maximum atomic E-state index is 12.3. The van der Waals surface area contributed by atoms with Crippen molar-refractivity contribution in [1.29, 1.82) is 0 Å². The number of thioether (sulfide) groups is 1. The van der Waals surface area contributed by atoms with Gasteiger partial charge in [-0.3, -0.25) is 10.1 Å². The molecule has 174 valence electrons. The van der Waals surface area contributed by atoms with Gasteiger partial charge in [-0.15, -0.1) is 0 Å². The number of ether oxygens (including phenoxy) is 4. The number of nitro groups is 1. The zero-order chi connectivity index (χ0) is 23.8. The fourth-order valence-corrected chi connectivity index (χ4v) is 3.23. The molecule has 10 nitrogen and oxygen atoms in total. The van der Waals surface area contributed by atoms with E-state index in [4.69, 9.17) is 18.9 Å². The molecule has 1 unspecified atom stereocenters. The van der Waals surface area contributed by atoms with Gasteiger partial charge < -0.3 is 24.3 Å². The van der Waals surface area contributed by atoms with Gasteiger partial charge in [0.25, 0.3) is 5.69 Å². The number of benzene rings is 1. The SMILES string of the molecule is CSCCOC(=O)OC1=C(C)NC(C)=C(OC(=O)OC(C)C)C1c1cccc([N+](=O)[O-])c1. The topological polar surface area (TPSA) is 126 Å². The Balaban J connectivity index is 2.47. The number of dihydropyridines is 1. The molecular weight excluding hydrogens is 440 g/mol. The van der Waals surface area contributed by atoms with Gasteiger partial charge in [0.15, 0.2) is 0 Å². The normalized spacial score (nSPS) is 15.9. The van der Waals surface area contributed by atoms with E-state index in [2.05, 4.69) is 5.32 Å². The fourth-order valence-electron chi connectivity index (χ4n) is 2.98. The third-order valence-electron chi connectivity index (χ3n) is 4.28. The van der Waals surface area contributed by atoms with Gasteiger partial charge in [-0.2, -0.15) is 11.8 Å². The van der Waals surface area contributed by atoms with Gasteiger partial charge in [-0.1, -0.05) is 12.1 Å². The number of allylic oxidation sites excluding steroid dienone is 2. The van der Waals surface area contributed by atoms with Crippen LogP contribution in [0.4, 0.5) is 15.3 Å². The van der Waals surface area contributed by atoms with Crippen molar-refractivity contribution in [1.82, 2.24) is 5.32 Å². The highest BCUT2D eigenvalue weighted by molar-refractivity contribution is 7.98. The Hall–Kier alpha value is -3.21. The molecule has 1 aliphatic rings. The maximum absolute atomic E-state index is 12.3. The molecule has 0 bridgehead atoms. The molecule has 1 N–H and O–H groups in total. The van der Waals surface area contributed by atoms with Gasteiger partial charge in [-0.25, -0.2) is 9.59 Å². The number of nitro benzene ring substituents is 1. The summed E-state index contributed by atoms with van der Waals surface area (Å²) in [4.78, 5) is 35.3. The first-order valence-corrected chi connectivity index (χ1v) is 11.2. The third-order valence-corrected chi connectivity index (χ3v) is 4.85. The third kappa shape index (κ3) is 6.64. The summed E-state index contributed by atoms with van der Waals surface area (Å²) < 4.78 is 21.1. The summed E-state index contributed by atoms with van der Waals surface area (Å²) in [5, 5.41) is 14.3. The van der Waals surface area contributed by atoms with Crippen LogP contribution in [0.3, 0.4) is 0 Å². The minimum absolute atomic E-state index is 0.0914.